The Morgan fingerprint density at radius 1 is 1.07 bits per heavy atom. The highest BCUT2D eigenvalue weighted by atomic mass is 32.2. The molecule has 0 aliphatic carbocycles. The molecule has 0 radical (unpaired) electrons. The largest absolute Gasteiger partial charge is 0.421 e. The van der Waals surface area contributed by atoms with Gasteiger partial charge in [-0.1, -0.05) is 35.9 Å². The summed E-state index contributed by atoms with van der Waals surface area (Å²) in [7, 11) is -3.87. The van der Waals surface area contributed by atoms with Crippen molar-refractivity contribution in [2.75, 3.05) is 5.32 Å². The molecule has 0 saturated heterocycles. The molecule has 0 saturated carbocycles. The molecule has 0 bridgehead atoms. The molecule has 7 nitrogen and oxygen atoms in total. The SMILES string of the molecule is Cc1ccc(S(=O)(=O)NC(C)C(=O)Nc2cc3ccccc3oc2=O)cc1. The van der Waals surface area contributed by atoms with Crippen LogP contribution in [0.1, 0.15) is 12.5 Å². The molecule has 1 unspecified atom stereocenters. The molecule has 140 valence electrons. The zero-order valence-electron chi connectivity index (χ0n) is 14.7. The summed E-state index contributed by atoms with van der Waals surface area (Å²) >= 11 is 0. The van der Waals surface area contributed by atoms with Gasteiger partial charge in [0.15, 0.2) is 0 Å². The first kappa shape index (κ1) is 18.8. The van der Waals surface area contributed by atoms with Crippen molar-refractivity contribution in [1.29, 1.82) is 0 Å². The van der Waals surface area contributed by atoms with E-state index < -0.39 is 27.6 Å². The number of benzene rings is 2. The number of aryl methyl sites for hydroxylation is 1. The van der Waals surface area contributed by atoms with Gasteiger partial charge in [0.05, 0.1) is 10.9 Å². The molecular weight excluding hydrogens is 368 g/mol. The lowest BCUT2D eigenvalue weighted by atomic mass is 10.2. The molecule has 1 heterocycles. The predicted octanol–water partition coefficient (Wildman–Crippen LogP) is 2.41. The van der Waals surface area contributed by atoms with E-state index in [0.717, 1.165) is 5.56 Å². The number of carbonyl (C=O) groups excluding carboxylic acids is 1. The van der Waals surface area contributed by atoms with Crippen molar-refractivity contribution in [3.8, 4) is 0 Å². The maximum Gasteiger partial charge on any atom is 0.360 e. The van der Waals surface area contributed by atoms with Crippen LogP contribution in [0.2, 0.25) is 0 Å². The number of hydrogen-bond acceptors (Lipinski definition) is 5. The Balaban J connectivity index is 1.77. The van der Waals surface area contributed by atoms with E-state index in [1.165, 1.54) is 25.1 Å². The minimum atomic E-state index is -3.87. The summed E-state index contributed by atoms with van der Waals surface area (Å²) in [6.07, 6.45) is 0. The average Bonchev–Trinajstić information content (AvgIpc) is 2.62. The maximum absolute atomic E-state index is 12.4. The van der Waals surface area contributed by atoms with Crippen LogP contribution in [-0.4, -0.2) is 20.4 Å². The van der Waals surface area contributed by atoms with Gasteiger partial charge >= 0.3 is 5.63 Å². The fourth-order valence-electron chi connectivity index (χ4n) is 2.46. The molecule has 2 N–H and O–H groups in total. The minimum Gasteiger partial charge on any atom is -0.421 e. The number of sulfonamides is 1. The molecule has 2 aromatic carbocycles. The number of hydrogen-bond donors (Lipinski definition) is 2. The van der Waals surface area contributed by atoms with Crippen LogP contribution in [0.15, 0.2) is 68.7 Å². The van der Waals surface area contributed by atoms with Crippen LogP contribution >= 0.6 is 0 Å². The molecule has 0 aliphatic heterocycles. The molecule has 8 heteroatoms. The Morgan fingerprint density at radius 3 is 2.44 bits per heavy atom. The van der Waals surface area contributed by atoms with E-state index in [4.69, 9.17) is 4.42 Å². The molecule has 1 atom stereocenters. The van der Waals surface area contributed by atoms with E-state index in [2.05, 4.69) is 10.0 Å². The van der Waals surface area contributed by atoms with Gasteiger partial charge in [0, 0.05) is 5.39 Å². The van der Waals surface area contributed by atoms with Crippen LogP contribution in [0.4, 0.5) is 5.69 Å². The average molecular weight is 386 g/mol. The molecule has 1 amide bonds. The van der Waals surface area contributed by atoms with Crippen LogP contribution in [-0.2, 0) is 14.8 Å². The van der Waals surface area contributed by atoms with Crippen molar-refractivity contribution in [3.63, 3.8) is 0 Å². The zero-order chi connectivity index (χ0) is 19.6. The highest BCUT2D eigenvalue weighted by Crippen LogP contribution is 2.15. The normalized spacial score (nSPS) is 12.7. The van der Waals surface area contributed by atoms with Crippen LogP contribution < -0.4 is 15.7 Å². The van der Waals surface area contributed by atoms with Crippen LogP contribution in [0.3, 0.4) is 0 Å². The molecular formula is C19H18N2O5S. The summed E-state index contributed by atoms with van der Waals surface area (Å²) in [5.74, 6) is -0.673. The van der Waals surface area contributed by atoms with Crippen LogP contribution in [0, 0.1) is 6.92 Å². The second-order valence-electron chi connectivity index (χ2n) is 6.13. The third-order valence-corrected chi connectivity index (χ3v) is 5.51. The van der Waals surface area contributed by atoms with Gasteiger partial charge in [-0.15, -0.1) is 0 Å². The van der Waals surface area contributed by atoms with Gasteiger partial charge < -0.3 is 9.73 Å². The van der Waals surface area contributed by atoms with Crippen LogP contribution in [0.25, 0.3) is 11.0 Å². The van der Waals surface area contributed by atoms with Crippen molar-refractivity contribution in [2.45, 2.75) is 24.8 Å². The topological polar surface area (TPSA) is 105 Å². The van der Waals surface area contributed by atoms with Gasteiger partial charge in [-0.3, -0.25) is 4.79 Å². The number of para-hydroxylation sites is 1. The standard InChI is InChI=1S/C19H18N2O5S/c1-12-7-9-15(10-8-12)27(24,25)21-13(2)18(22)20-16-11-14-5-3-4-6-17(14)26-19(16)23/h3-11,13,21H,1-2H3,(H,20,22). The number of nitrogens with one attached hydrogen (secondary N) is 2. The Bertz CT molecular complexity index is 1150. The fourth-order valence-corrected chi connectivity index (χ4v) is 3.66. The summed E-state index contributed by atoms with van der Waals surface area (Å²) in [4.78, 5) is 24.4. The lowest BCUT2D eigenvalue weighted by molar-refractivity contribution is -0.117. The molecule has 27 heavy (non-hydrogen) atoms. The summed E-state index contributed by atoms with van der Waals surface area (Å²) in [5, 5.41) is 3.05. The number of fused-ring (bicyclic) bond motifs is 1. The van der Waals surface area contributed by atoms with Crippen molar-refractivity contribution in [2.24, 2.45) is 0 Å². The lowest BCUT2D eigenvalue weighted by Gasteiger charge is -2.14. The first-order valence-electron chi connectivity index (χ1n) is 8.19. The third kappa shape index (κ3) is 4.24. The maximum atomic E-state index is 12.4. The highest BCUT2D eigenvalue weighted by Gasteiger charge is 2.23. The van der Waals surface area contributed by atoms with Crippen molar-refractivity contribution >= 4 is 32.6 Å². The molecule has 3 aromatic rings. The number of carbonyl (C=O) groups is 1. The molecule has 0 aliphatic rings. The van der Waals surface area contributed by atoms with Gasteiger partial charge in [-0.2, -0.15) is 4.72 Å². The van der Waals surface area contributed by atoms with Crippen molar-refractivity contribution in [3.05, 3.63) is 70.6 Å². The van der Waals surface area contributed by atoms with Crippen molar-refractivity contribution < 1.29 is 17.6 Å². The van der Waals surface area contributed by atoms with Crippen LogP contribution in [0.5, 0.6) is 0 Å². The number of rotatable bonds is 5. The Labute approximate surface area is 156 Å². The van der Waals surface area contributed by atoms with Gasteiger partial charge in [0.25, 0.3) is 0 Å². The second-order valence-corrected chi connectivity index (χ2v) is 7.84. The first-order valence-corrected chi connectivity index (χ1v) is 9.67. The Kier molecular flexibility index (Phi) is 5.11. The molecule has 0 spiro atoms. The Hall–Kier alpha value is -2.97. The van der Waals surface area contributed by atoms with Crippen molar-refractivity contribution in [1.82, 2.24) is 4.72 Å². The summed E-state index contributed by atoms with van der Waals surface area (Å²) in [5.41, 5.74) is 0.548. The predicted molar refractivity (Wildman–Crippen MR) is 102 cm³/mol. The highest BCUT2D eigenvalue weighted by molar-refractivity contribution is 7.89. The van der Waals surface area contributed by atoms with E-state index in [9.17, 15) is 18.0 Å². The number of amides is 1. The summed E-state index contributed by atoms with van der Waals surface area (Å²) in [6.45, 7) is 3.23. The quantitative estimate of drug-likeness (QED) is 0.655. The number of anilines is 1. The van der Waals surface area contributed by atoms with E-state index in [-0.39, 0.29) is 10.6 Å². The first-order chi connectivity index (χ1) is 12.8. The fraction of sp³-hybridized carbons (Fsp3) is 0.158. The second kappa shape index (κ2) is 7.34. The summed E-state index contributed by atoms with van der Waals surface area (Å²) < 4.78 is 32.2. The molecule has 1 aromatic heterocycles. The van der Waals surface area contributed by atoms with Gasteiger partial charge in [-0.05, 0) is 38.1 Å². The van der Waals surface area contributed by atoms with Gasteiger partial charge in [0.2, 0.25) is 15.9 Å². The van der Waals surface area contributed by atoms with E-state index in [1.54, 1.807) is 36.4 Å². The molecule has 3 rings (SSSR count). The van der Waals surface area contributed by atoms with E-state index in [1.807, 2.05) is 6.92 Å². The third-order valence-electron chi connectivity index (χ3n) is 3.96. The molecule has 0 fully saturated rings. The smallest absolute Gasteiger partial charge is 0.360 e. The van der Waals surface area contributed by atoms with Gasteiger partial charge in [0.1, 0.15) is 11.3 Å². The monoisotopic (exact) mass is 386 g/mol. The zero-order valence-corrected chi connectivity index (χ0v) is 15.5. The Morgan fingerprint density at radius 2 is 1.74 bits per heavy atom. The van der Waals surface area contributed by atoms with E-state index >= 15 is 0 Å². The minimum absolute atomic E-state index is 0.0537. The lowest BCUT2D eigenvalue weighted by Crippen LogP contribution is -2.42. The van der Waals surface area contributed by atoms with E-state index in [0.29, 0.717) is 11.0 Å². The summed E-state index contributed by atoms with van der Waals surface area (Å²) in [6, 6.07) is 13.5. The van der Waals surface area contributed by atoms with Gasteiger partial charge in [-0.25, -0.2) is 13.2 Å².